The molecule has 0 heterocycles. The standard InChI is InChI=1S/C13H17Cl2NO/c1-8(16-7-9-4-11(17)5-9)12-6-10(14)2-3-13(12)15/h2-3,6,8-9,11,16-17H,4-5,7H2,1H3. The minimum atomic E-state index is -0.0909. The molecular weight excluding hydrogens is 257 g/mol. The van der Waals surface area contributed by atoms with Crippen LogP contribution in [0.25, 0.3) is 0 Å². The molecule has 1 atom stereocenters. The second-order valence-electron chi connectivity index (χ2n) is 4.79. The molecule has 0 bridgehead atoms. The highest BCUT2D eigenvalue weighted by Gasteiger charge is 2.27. The molecule has 1 unspecified atom stereocenters. The maximum absolute atomic E-state index is 9.21. The summed E-state index contributed by atoms with van der Waals surface area (Å²) < 4.78 is 0. The van der Waals surface area contributed by atoms with Crippen molar-refractivity contribution in [3.8, 4) is 0 Å². The average Bonchev–Trinajstić information content (AvgIpc) is 2.26. The Morgan fingerprint density at radius 3 is 2.76 bits per heavy atom. The lowest BCUT2D eigenvalue weighted by atomic mass is 9.82. The molecule has 1 fully saturated rings. The number of benzene rings is 1. The first-order valence-corrected chi connectivity index (χ1v) is 6.68. The number of rotatable bonds is 4. The van der Waals surface area contributed by atoms with E-state index < -0.39 is 0 Å². The van der Waals surface area contributed by atoms with Crippen LogP contribution >= 0.6 is 23.2 Å². The van der Waals surface area contributed by atoms with Gasteiger partial charge >= 0.3 is 0 Å². The Balaban J connectivity index is 1.90. The maximum Gasteiger partial charge on any atom is 0.0546 e. The minimum Gasteiger partial charge on any atom is -0.393 e. The van der Waals surface area contributed by atoms with E-state index >= 15 is 0 Å². The number of halogens is 2. The minimum absolute atomic E-state index is 0.0909. The van der Waals surface area contributed by atoms with Gasteiger partial charge < -0.3 is 10.4 Å². The number of aliphatic hydroxyl groups excluding tert-OH is 1. The van der Waals surface area contributed by atoms with Gasteiger partial charge in [0.1, 0.15) is 0 Å². The molecule has 1 aromatic rings. The molecule has 0 spiro atoms. The first kappa shape index (κ1) is 13.2. The van der Waals surface area contributed by atoms with E-state index in [4.69, 9.17) is 23.2 Å². The van der Waals surface area contributed by atoms with E-state index in [0.29, 0.717) is 10.9 Å². The predicted octanol–water partition coefficient (Wildman–Crippen LogP) is 3.41. The molecule has 2 rings (SSSR count). The van der Waals surface area contributed by atoms with Gasteiger partial charge in [0.05, 0.1) is 6.10 Å². The topological polar surface area (TPSA) is 32.3 Å². The highest BCUT2D eigenvalue weighted by Crippen LogP contribution is 2.29. The van der Waals surface area contributed by atoms with Crippen LogP contribution in [0.4, 0.5) is 0 Å². The van der Waals surface area contributed by atoms with E-state index in [1.807, 2.05) is 12.1 Å². The van der Waals surface area contributed by atoms with Gasteiger partial charge in [0.15, 0.2) is 0 Å². The summed E-state index contributed by atoms with van der Waals surface area (Å²) in [6.45, 7) is 2.99. The Labute approximate surface area is 112 Å². The predicted molar refractivity (Wildman–Crippen MR) is 71.6 cm³/mol. The molecule has 0 saturated heterocycles. The van der Waals surface area contributed by atoms with Crippen molar-refractivity contribution in [3.05, 3.63) is 33.8 Å². The fraction of sp³-hybridized carbons (Fsp3) is 0.538. The highest BCUT2D eigenvalue weighted by atomic mass is 35.5. The lowest BCUT2D eigenvalue weighted by Gasteiger charge is -2.32. The zero-order chi connectivity index (χ0) is 12.4. The summed E-state index contributed by atoms with van der Waals surface area (Å²) in [5.41, 5.74) is 1.03. The molecule has 1 aromatic carbocycles. The van der Waals surface area contributed by atoms with Gasteiger partial charge in [-0.05, 0) is 56.0 Å². The first-order valence-electron chi connectivity index (χ1n) is 5.92. The van der Waals surface area contributed by atoms with E-state index in [-0.39, 0.29) is 12.1 Å². The Morgan fingerprint density at radius 2 is 2.12 bits per heavy atom. The summed E-state index contributed by atoms with van der Waals surface area (Å²) in [6.07, 6.45) is 1.72. The summed E-state index contributed by atoms with van der Waals surface area (Å²) in [7, 11) is 0. The van der Waals surface area contributed by atoms with Crippen molar-refractivity contribution >= 4 is 23.2 Å². The molecule has 17 heavy (non-hydrogen) atoms. The van der Waals surface area contributed by atoms with Crippen LogP contribution < -0.4 is 5.32 Å². The summed E-state index contributed by atoms with van der Waals surface area (Å²) in [5, 5.41) is 14.1. The first-order chi connectivity index (χ1) is 8.06. The van der Waals surface area contributed by atoms with Gasteiger partial charge in [-0.1, -0.05) is 23.2 Å². The second kappa shape index (κ2) is 5.57. The fourth-order valence-electron chi connectivity index (χ4n) is 2.17. The van der Waals surface area contributed by atoms with Crippen LogP contribution in [0, 0.1) is 5.92 Å². The SMILES string of the molecule is CC(NCC1CC(O)C1)c1cc(Cl)ccc1Cl. The molecule has 0 aromatic heterocycles. The van der Waals surface area contributed by atoms with Crippen LogP contribution in [-0.4, -0.2) is 17.8 Å². The van der Waals surface area contributed by atoms with Crippen LogP contribution in [0.3, 0.4) is 0 Å². The van der Waals surface area contributed by atoms with Crippen molar-refractivity contribution < 1.29 is 5.11 Å². The van der Waals surface area contributed by atoms with Crippen molar-refractivity contribution in [1.29, 1.82) is 0 Å². The quantitative estimate of drug-likeness (QED) is 0.881. The fourth-order valence-corrected chi connectivity index (χ4v) is 2.63. The Morgan fingerprint density at radius 1 is 1.41 bits per heavy atom. The van der Waals surface area contributed by atoms with Crippen LogP contribution in [0.15, 0.2) is 18.2 Å². The maximum atomic E-state index is 9.21. The second-order valence-corrected chi connectivity index (χ2v) is 5.63. The van der Waals surface area contributed by atoms with E-state index in [1.54, 1.807) is 6.07 Å². The molecule has 2 nitrogen and oxygen atoms in total. The third-order valence-corrected chi connectivity index (χ3v) is 3.93. The monoisotopic (exact) mass is 273 g/mol. The summed E-state index contributed by atoms with van der Waals surface area (Å²) >= 11 is 12.1. The normalized spacial score (nSPS) is 25.4. The third kappa shape index (κ3) is 3.35. The number of hydrogen-bond donors (Lipinski definition) is 2. The third-order valence-electron chi connectivity index (χ3n) is 3.35. The summed E-state index contributed by atoms with van der Waals surface area (Å²) in [4.78, 5) is 0. The van der Waals surface area contributed by atoms with E-state index in [2.05, 4.69) is 12.2 Å². The molecule has 0 amide bonds. The van der Waals surface area contributed by atoms with Crippen molar-refractivity contribution in [2.75, 3.05) is 6.54 Å². The molecule has 1 saturated carbocycles. The van der Waals surface area contributed by atoms with Gasteiger partial charge in [-0.15, -0.1) is 0 Å². The molecule has 4 heteroatoms. The smallest absolute Gasteiger partial charge is 0.0546 e. The van der Waals surface area contributed by atoms with Crippen molar-refractivity contribution in [2.24, 2.45) is 5.92 Å². The number of aliphatic hydroxyl groups is 1. The zero-order valence-electron chi connectivity index (χ0n) is 9.79. The van der Waals surface area contributed by atoms with Gasteiger partial charge in [-0.25, -0.2) is 0 Å². The zero-order valence-corrected chi connectivity index (χ0v) is 11.3. The molecular formula is C13H17Cl2NO. The van der Waals surface area contributed by atoms with Gasteiger partial charge in [0.2, 0.25) is 0 Å². The molecule has 2 N–H and O–H groups in total. The van der Waals surface area contributed by atoms with E-state index in [9.17, 15) is 5.11 Å². The van der Waals surface area contributed by atoms with Gasteiger partial charge in [-0.3, -0.25) is 0 Å². The van der Waals surface area contributed by atoms with Gasteiger partial charge in [0.25, 0.3) is 0 Å². The van der Waals surface area contributed by atoms with Crippen molar-refractivity contribution in [3.63, 3.8) is 0 Å². The average molecular weight is 274 g/mol. The van der Waals surface area contributed by atoms with Gasteiger partial charge in [0, 0.05) is 16.1 Å². The summed E-state index contributed by atoms with van der Waals surface area (Å²) in [6, 6.07) is 5.70. The van der Waals surface area contributed by atoms with Crippen LogP contribution in [-0.2, 0) is 0 Å². The number of hydrogen-bond acceptors (Lipinski definition) is 2. The molecule has 1 aliphatic carbocycles. The van der Waals surface area contributed by atoms with Crippen molar-refractivity contribution in [1.82, 2.24) is 5.32 Å². The van der Waals surface area contributed by atoms with E-state index in [0.717, 1.165) is 30.0 Å². The largest absolute Gasteiger partial charge is 0.393 e. The van der Waals surface area contributed by atoms with Crippen LogP contribution in [0.2, 0.25) is 10.0 Å². The number of nitrogens with one attached hydrogen (secondary N) is 1. The molecule has 0 radical (unpaired) electrons. The lowest BCUT2D eigenvalue weighted by Crippen LogP contribution is -2.37. The van der Waals surface area contributed by atoms with Crippen molar-refractivity contribution in [2.45, 2.75) is 31.9 Å². The highest BCUT2D eigenvalue weighted by molar-refractivity contribution is 6.33. The molecule has 94 valence electrons. The molecule has 1 aliphatic rings. The Bertz CT molecular complexity index is 391. The van der Waals surface area contributed by atoms with Gasteiger partial charge in [-0.2, -0.15) is 0 Å². The molecule has 0 aliphatic heterocycles. The van der Waals surface area contributed by atoms with Crippen LogP contribution in [0.1, 0.15) is 31.4 Å². The lowest BCUT2D eigenvalue weighted by molar-refractivity contribution is 0.0420. The van der Waals surface area contributed by atoms with E-state index in [1.165, 1.54) is 0 Å². The van der Waals surface area contributed by atoms with Crippen LogP contribution in [0.5, 0.6) is 0 Å². The Hall–Kier alpha value is -0.280. The Kier molecular flexibility index (Phi) is 4.31. The summed E-state index contributed by atoms with van der Waals surface area (Å²) in [5.74, 6) is 0.588.